The van der Waals surface area contributed by atoms with Crippen LogP contribution in [0.1, 0.15) is 29.3 Å². The molecule has 4 heteroatoms. The molecular weight excluding hydrogens is 286 g/mol. The predicted molar refractivity (Wildman–Crippen MR) is 92.4 cm³/mol. The van der Waals surface area contributed by atoms with Crippen LogP contribution in [0.5, 0.6) is 0 Å². The van der Waals surface area contributed by atoms with Crippen LogP contribution in [-0.2, 0) is 13.0 Å². The van der Waals surface area contributed by atoms with Crippen LogP contribution in [0.15, 0.2) is 34.7 Å². The molecule has 1 aliphatic heterocycles. The van der Waals surface area contributed by atoms with Crippen LogP contribution in [0, 0.1) is 13.8 Å². The van der Waals surface area contributed by atoms with E-state index in [0.29, 0.717) is 6.04 Å². The molecular formula is C19H27N3O. The molecule has 1 saturated heterocycles. The zero-order chi connectivity index (χ0) is 16.2. The molecule has 0 spiro atoms. The first kappa shape index (κ1) is 16.2. The lowest BCUT2D eigenvalue weighted by molar-refractivity contribution is 0.173. The first-order chi connectivity index (χ1) is 11.1. The Kier molecular flexibility index (Phi) is 5.13. The maximum absolute atomic E-state index is 5.82. The Hall–Kier alpha value is -1.65. The Bertz CT molecular complexity index is 603. The Balaban J connectivity index is 1.68. The SMILES string of the molecule is Cc1nc(CN(CCc2ccccc2)[C@H]2CCN(C)C2)oc1C. The molecule has 0 unspecified atom stereocenters. The van der Waals surface area contributed by atoms with Crippen molar-refractivity contribution in [1.82, 2.24) is 14.8 Å². The maximum Gasteiger partial charge on any atom is 0.208 e. The molecule has 1 atom stereocenters. The fourth-order valence-corrected chi connectivity index (χ4v) is 3.30. The van der Waals surface area contributed by atoms with Gasteiger partial charge in [0.1, 0.15) is 5.76 Å². The van der Waals surface area contributed by atoms with Gasteiger partial charge in [0.15, 0.2) is 0 Å². The monoisotopic (exact) mass is 313 g/mol. The minimum absolute atomic E-state index is 0.594. The highest BCUT2D eigenvalue weighted by atomic mass is 16.4. The van der Waals surface area contributed by atoms with Crippen LogP contribution in [0.25, 0.3) is 0 Å². The molecule has 0 bridgehead atoms. The van der Waals surface area contributed by atoms with E-state index in [4.69, 9.17) is 4.42 Å². The van der Waals surface area contributed by atoms with Crippen molar-refractivity contribution in [2.24, 2.45) is 0 Å². The molecule has 0 aliphatic carbocycles. The number of likely N-dealkylation sites (N-methyl/N-ethyl adjacent to an activating group) is 1. The summed E-state index contributed by atoms with van der Waals surface area (Å²) >= 11 is 0. The average molecular weight is 313 g/mol. The molecule has 1 aromatic carbocycles. The second-order valence-electron chi connectivity index (χ2n) is 6.66. The van der Waals surface area contributed by atoms with E-state index in [1.807, 2.05) is 13.8 Å². The van der Waals surface area contributed by atoms with Gasteiger partial charge in [-0.1, -0.05) is 30.3 Å². The predicted octanol–water partition coefficient (Wildman–Crippen LogP) is 3.04. The lowest BCUT2D eigenvalue weighted by Gasteiger charge is -2.27. The van der Waals surface area contributed by atoms with E-state index >= 15 is 0 Å². The molecule has 124 valence electrons. The van der Waals surface area contributed by atoms with Crippen molar-refractivity contribution in [3.8, 4) is 0 Å². The van der Waals surface area contributed by atoms with Gasteiger partial charge in [-0.05, 0) is 45.8 Å². The number of aryl methyl sites for hydroxylation is 2. The van der Waals surface area contributed by atoms with Crippen molar-refractivity contribution < 1.29 is 4.42 Å². The van der Waals surface area contributed by atoms with Gasteiger partial charge < -0.3 is 9.32 Å². The minimum Gasteiger partial charge on any atom is -0.444 e. The van der Waals surface area contributed by atoms with E-state index in [1.54, 1.807) is 0 Å². The summed E-state index contributed by atoms with van der Waals surface area (Å²) in [7, 11) is 2.20. The number of rotatable bonds is 6. The highest BCUT2D eigenvalue weighted by molar-refractivity contribution is 5.15. The standard InChI is InChI=1S/C19H27N3O/c1-15-16(2)23-19(20-15)14-22(18-10-11-21(3)13-18)12-9-17-7-5-4-6-8-17/h4-8,18H,9-14H2,1-3H3/t18-/m0/s1. The average Bonchev–Trinajstić information content (AvgIpc) is 3.11. The van der Waals surface area contributed by atoms with Crippen molar-refractivity contribution in [1.29, 1.82) is 0 Å². The first-order valence-corrected chi connectivity index (χ1v) is 8.51. The Morgan fingerprint density at radius 2 is 2.04 bits per heavy atom. The third kappa shape index (κ3) is 4.21. The van der Waals surface area contributed by atoms with Gasteiger partial charge in [0.2, 0.25) is 5.89 Å². The third-order valence-electron chi connectivity index (χ3n) is 4.82. The number of benzene rings is 1. The molecule has 1 fully saturated rings. The summed E-state index contributed by atoms with van der Waals surface area (Å²) in [5.41, 5.74) is 2.40. The summed E-state index contributed by atoms with van der Waals surface area (Å²) in [4.78, 5) is 9.53. The second-order valence-corrected chi connectivity index (χ2v) is 6.66. The Morgan fingerprint density at radius 3 is 2.65 bits per heavy atom. The van der Waals surface area contributed by atoms with Gasteiger partial charge in [0.25, 0.3) is 0 Å². The van der Waals surface area contributed by atoms with Crippen molar-refractivity contribution in [3.63, 3.8) is 0 Å². The zero-order valence-electron chi connectivity index (χ0n) is 14.5. The molecule has 0 N–H and O–H groups in total. The van der Waals surface area contributed by atoms with Crippen molar-refractivity contribution in [2.45, 2.75) is 39.3 Å². The maximum atomic E-state index is 5.82. The number of likely N-dealkylation sites (tertiary alicyclic amines) is 1. The summed E-state index contributed by atoms with van der Waals surface area (Å²) in [5.74, 6) is 1.79. The van der Waals surface area contributed by atoms with Crippen LogP contribution in [0.3, 0.4) is 0 Å². The molecule has 0 amide bonds. The van der Waals surface area contributed by atoms with E-state index in [0.717, 1.165) is 43.4 Å². The molecule has 23 heavy (non-hydrogen) atoms. The van der Waals surface area contributed by atoms with E-state index in [1.165, 1.54) is 18.5 Å². The van der Waals surface area contributed by atoms with Crippen LogP contribution in [-0.4, -0.2) is 47.5 Å². The highest BCUT2D eigenvalue weighted by Crippen LogP contribution is 2.19. The highest BCUT2D eigenvalue weighted by Gasteiger charge is 2.26. The molecule has 1 aromatic heterocycles. The van der Waals surface area contributed by atoms with Gasteiger partial charge in [-0.25, -0.2) is 4.98 Å². The molecule has 4 nitrogen and oxygen atoms in total. The normalized spacial score (nSPS) is 18.9. The molecule has 2 heterocycles. The molecule has 0 saturated carbocycles. The molecule has 2 aromatic rings. The lowest BCUT2D eigenvalue weighted by atomic mass is 10.1. The van der Waals surface area contributed by atoms with E-state index in [2.05, 4.69) is 52.2 Å². The number of hydrogen-bond donors (Lipinski definition) is 0. The number of aromatic nitrogens is 1. The number of hydrogen-bond acceptors (Lipinski definition) is 4. The van der Waals surface area contributed by atoms with Gasteiger partial charge >= 0.3 is 0 Å². The van der Waals surface area contributed by atoms with Crippen LogP contribution >= 0.6 is 0 Å². The summed E-state index contributed by atoms with van der Waals surface area (Å²) in [6.45, 7) is 8.16. The number of nitrogens with zero attached hydrogens (tertiary/aromatic N) is 3. The summed E-state index contributed by atoms with van der Waals surface area (Å²) < 4.78 is 5.82. The largest absolute Gasteiger partial charge is 0.444 e. The van der Waals surface area contributed by atoms with Crippen LogP contribution < -0.4 is 0 Å². The van der Waals surface area contributed by atoms with Crippen LogP contribution in [0.2, 0.25) is 0 Å². The fraction of sp³-hybridized carbons (Fsp3) is 0.526. The smallest absolute Gasteiger partial charge is 0.208 e. The minimum atomic E-state index is 0.594. The van der Waals surface area contributed by atoms with Gasteiger partial charge in [-0.15, -0.1) is 0 Å². The third-order valence-corrected chi connectivity index (χ3v) is 4.82. The van der Waals surface area contributed by atoms with Crippen molar-refractivity contribution in [3.05, 3.63) is 53.2 Å². The second kappa shape index (κ2) is 7.28. The van der Waals surface area contributed by atoms with Gasteiger partial charge in [-0.3, -0.25) is 4.90 Å². The molecule has 3 rings (SSSR count). The van der Waals surface area contributed by atoms with Crippen molar-refractivity contribution in [2.75, 3.05) is 26.7 Å². The molecule has 1 aliphatic rings. The molecule has 0 radical (unpaired) electrons. The first-order valence-electron chi connectivity index (χ1n) is 8.51. The van der Waals surface area contributed by atoms with Crippen molar-refractivity contribution >= 4 is 0 Å². The zero-order valence-corrected chi connectivity index (χ0v) is 14.5. The van der Waals surface area contributed by atoms with E-state index < -0.39 is 0 Å². The summed E-state index contributed by atoms with van der Waals surface area (Å²) in [5, 5.41) is 0. The summed E-state index contributed by atoms with van der Waals surface area (Å²) in [6.07, 6.45) is 2.30. The topological polar surface area (TPSA) is 32.5 Å². The van der Waals surface area contributed by atoms with Gasteiger partial charge in [0.05, 0.1) is 12.2 Å². The van der Waals surface area contributed by atoms with E-state index in [-0.39, 0.29) is 0 Å². The Morgan fingerprint density at radius 1 is 1.26 bits per heavy atom. The number of oxazole rings is 1. The van der Waals surface area contributed by atoms with Crippen LogP contribution in [0.4, 0.5) is 0 Å². The van der Waals surface area contributed by atoms with Gasteiger partial charge in [-0.2, -0.15) is 0 Å². The Labute approximate surface area is 139 Å². The summed E-state index contributed by atoms with van der Waals surface area (Å²) in [6, 6.07) is 11.3. The fourth-order valence-electron chi connectivity index (χ4n) is 3.30. The quantitative estimate of drug-likeness (QED) is 0.820. The lowest BCUT2D eigenvalue weighted by Crippen LogP contribution is -2.38. The van der Waals surface area contributed by atoms with Gasteiger partial charge in [0, 0.05) is 19.1 Å². The van der Waals surface area contributed by atoms with E-state index in [9.17, 15) is 0 Å².